The zero-order chi connectivity index (χ0) is 14.1. The molecule has 2 heterocycles. The summed E-state index contributed by atoms with van der Waals surface area (Å²) in [5, 5.41) is 3.38. The first-order valence-corrected chi connectivity index (χ1v) is 7.28. The van der Waals surface area contributed by atoms with E-state index in [1.54, 1.807) is 0 Å². The number of fused-ring (bicyclic) bond motifs is 1. The number of rotatable bonds is 3. The molecule has 20 heavy (non-hydrogen) atoms. The van der Waals surface area contributed by atoms with Gasteiger partial charge in [0.15, 0.2) is 0 Å². The number of nitrogens with one attached hydrogen (secondary N) is 1. The van der Waals surface area contributed by atoms with E-state index < -0.39 is 0 Å². The Bertz CT molecular complexity index is 632. The minimum atomic E-state index is 0.447. The lowest BCUT2D eigenvalue weighted by Gasteiger charge is -2.12. The molecule has 1 aliphatic heterocycles. The third-order valence-electron chi connectivity index (χ3n) is 3.76. The van der Waals surface area contributed by atoms with E-state index in [4.69, 9.17) is 9.97 Å². The van der Waals surface area contributed by atoms with Crippen LogP contribution < -0.4 is 5.32 Å². The highest BCUT2D eigenvalue weighted by molar-refractivity contribution is 5.33. The average Bonchev–Trinajstić information content (AvgIpc) is 2.85. The summed E-state index contributed by atoms with van der Waals surface area (Å²) in [7, 11) is 0. The Morgan fingerprint density at radius 2 is 2.05 bits per heavy atom. The summed E-state index contributed by atoms with van der Waals surface area (Å²) in [6, 6.07) is 8.58. The Kier molecular flexibility index (Phi) is 3.53. The zero-order valence-corrected chi connectivity index (χ0v) is 12.4. The quantitative estimate of drug-likeness (QED) is 0.928. The van der Waals surface area contributed by atoms with Crippen molar-refractivity contribution in [1.29, 1.82) is 0 Å². The maximum Gasteiger partial charge on any atom is 0.133 e. The molecule has 104 valence electrons. The van der Waals surface area contributed by atoms with E-state index in [2.05, 4.69) is 50.4 Å². The van der Waals surface area contributed by atoms with Crippen molar-refractivity contribution in [2.45, 2.75) is 46.2 Å². The molecule has 1 N–H and O–H groups in total. The van der Waals surface area contributed by atoms with Crippen molar-refractivity contribution in [1.82, 2.24) is 15.3 Å². The summed E-state index contributed by atoms with van der Waals surface area (Å²) in [6.07, 6.45) is 0.814. The molecule has 0 fully saturated rings. The molecule has 2 aromatic rings. The molecule has 0 unspecified atom stereocenters. The van der Waals surface area contributed by atoms with Crippen LogP contribution in [0.1, 0.15) is 53.7 Å². The number of hydrogen-bond acceptors (Lipinski definition) is 3. The van der Waals surface area contributed by atoms with Gasteiger partial charge in [-0.3, -0.25) is 0 Å². The Balaban J connectivity index is 1.96. The fraction of sp³-hybridized carbons (Fsp3) is 0.412. The van der Waals surface area contributed by atoms with E-state index in [-0.39, 0.29) is 0 Å². The van der Waals surface area contributed by atoms with Gasteiger partial charge in [-0.25, -0.2) is 9.97 Å². The lowest BCUT2D eigenvalue weighted by molar-refractivity contribution is 0.745. The molecular formula is C17H21N3. The highest BCUT2D eigenvalue weighted by Crippen LogP contribution is 2.24. The lowest BCUT2D eigenvalue weighted by atomic mass is 10.0. The number of nitrogens with zero attached hydrogens (tertiary/aromatic N) is 2. The standard InChI is InChI=1S/C17H21N3/c1-11(2)17-14-9-18-10-15(14)19-16(20-17)8-13-6-4-5-12(3)7-13/h4-7,11,18H,8-10H2,1-3H3. The normalized spacial score (nSPS) is 13.8. The Labute approximate surface area is 120 Å². The van der Waals surface area contributed by atoms with E-state index in [0.29, 0.717) is 5.92 Å². The van der Waals surface area contributed by atoms with Crippen LogP contribution in [0.4, 0.5) is 0 Å². The maximum atomic E-state index is 4.82. The van der Waals surface area contributed by atoms with Gasteiger partial charge >= 0.3 is 0 Å². The van der Waals surface area contributed by atoms with Crippen LogP contribution in [0, 0.1) is 6.92 Å². The van der Waals surface area contributed by atoms with E-state index in [0.717, 1.165) is 25.3 Å². The van der Waals surface area contributed by atoms with Crippen LogP contribution in [-0.4, -0.2) is 9.97 Å². The SMILES string of the molecule is Cc1cccc(Cc2nc3c(c(C(C)C)n2)CNC3)c1. The van der Waals surface area contributed by atoms with Gasteiger partial charge in [0.1, 0.15) is 5.82 Å². The molecule has 0 radical (unpaired) electrons. The number of hydrogen-bond donors (Lipinski definition) is 1. The fourth-order valence-electron chi connectivity index (χ4n) is 2.81. The Hall–Kier alpha value is -1.74. The lowest BCUT2D eigenvalue weighted by Crippen LogP contribution is -2.08. The first-order valence-electron chi connectivity index (χ1n) is 7.28. The van der Waals surface area contributed by atoms with Gasteiger partial charge in [0, 0.05) is 25.1 Å². The minimum Gasteiger partial charge on any atom is -0.307 e. The van der Waals surface area contributed by atoms with Crippen molar-refractivity contribution in [3.63, 3.8) is 0 Å². The number of benzene rings is 1. The molecule has 0 spiro atoms. The van der Waals surface area contributed by atoms with Gasteiger partial charge in [0.25, 0.3) is 0 Å². The maximum absolute atomic E-state index is 4.82. The molecule has 3 heteroatoms. The molecule has 3 rings (SSSR count). The highest BCUT2D eigenvalue weighted by atomic mass is 15.0. The van der Waals surface area contributed by atoms with Gasteiger partial charge in [-0.15, -0.1) is 0 Å². The van der Waals surface area contributed by atoms with Gasteiger partial charge in [0.2, 0.25) is 0 Å². The Morgan fingerprint density at radius 3 is 2.80 bits per heavy atom. The fourth-order valence-corrected chi connectivity index (χ4v) is 2.81. The largest absolute Gasteiger partial charge is 0.307 e. The van der Waals surface area contributed by atoms with Crippen LogP contribution in [0.15, 0.2) is 24.3 Å². The second-order valence-corrected chi connectivity index (χ2v) is 5.87. The summed E-state index contributed by atoms with van der Waals surface area (Å²) in [5.41, 5.74) is 6.28. The van der Waals surface area contributed by atoms with Crippen LogP contribution in [0.3, 0.4) is 0 Å². The van der Waals surface area contributed by atoms with Crippen molar-refractivity contribution in [2.75, 3.05) is 0 Å². The van der Waals surface area contributed by atoms with Crippen molar-refractivity contribution in [3.8, 4) is 0 Å². The van der Waals surface area contributed by atoms with Gasteiger partial charge in [0.05, 0.1) is 11.4 Å². The first-order chi connectivity index (χ1) is 9.63. The first kappa shape index (κ1) is 13.3. The van der Waals surface area contributed by atoms with E-state index >= 15 is 0 Å². The van der Waals surface area contributed by atoms with E-state index in [1.165, 1.54) is 28.1 Å². The van der Waals surface area contributed by atoms with Crippen molar-refractivity contribution in [2.24, 2.45) is 0 Å². The van der Waals surface area contributed by atoms with Gasteiger partial charge in [-0.2, -0.15) is 0 Å². The second-order valence-electron chi connectivity index (χ2n) is 5.87. The molecule has 0 amide bonds. The van der Waals surface area contributed by atoms with E-state index in [1.807, 2.05) is 0 Å². The monoisotopic (exact) mass is 267 g/mol. The van der Waals surface area contributed by atoms with Crippen LogP contribution in [0.5, 0.6) is 0 Å². The van der Waals surface area contributed by atoms with Crippen LogP contribution >= 0.6 is 0 Å². The number of aromatic nitrogens is 2. The van der Waals surface area contributed by atoms with Crippen LogP contribution in [0.25, 0.3) is 0 Å². The highest BCUT2D eigenvalue weighted by Gasteiger charge is 2.20. The van der Waals surface area contributed by atoms with Gasteiger partial charge in [-0.1, -0.05) is 43.7 Å². The molecule has 0 bridgehead atoms. The molecule has 3 nitrogen and oxygen atoms in total. The summed E-state index contributed by atoms with van der Waals surface area (Å²) in [6.45, 7) is 8.32. The van der Waals surface area contributed by atoms with E-state index in [9.17, 15) is 0 Å². The summed E-state index contributed by atoms with van der Waals surface area (Å²) in [5.74, 6) is 1.39. The summed E-state index contributed by atoms with van der Waals surface area (Å²) in [4.78, 5) is 9.57. The molecule has 1 aliphatic rings. The minimum absolute atomic E-state index is 0.447. The molecule has 0 saturated heterocycles. The van der Waals surface area contributed by atoms with Crippen molar-refractivity contribution in [3.05, 3.63) is 58.2 Å². The molecular weight excluding hydrogens is 246 g/mol. The molecule has 1 aromatic heterocycles. The zero-order valence-electron chi connectivity index (χ0n) is 12.4. The van der Waals surface area contributed by atoms with Crippen molar-refractivity contribution < 1.29 is 0 Å². The molecule has 0 atom stereocenters. The summed E-state index contributed by atoms with van der Waals surface area (Å²) >= 11 is 0. The molecule has 0 aliphatic carbocycles. The average molecular weight is 267 g/mol. The van der Waals surface area contributed by atoms with Crippen molar-refractivity contribution >= 4 is 0 Å². The number of aryl methyl sites for hydroxylation is 1. The van der Waals surface area contributed by atoms with Crippen LogP contribution in [-0.2, 0) is 19.5 Å². The predicted molar refractivity (Wildman–Crippen MR) is 80.6 cm³/mol. The second kappa shape index (κ2) is 5.33. The predicted octanol–water partition coefficient (Wildman–Crippen LogP) is 3.10. The topological polar surface area (TPSA) is 37.8 Å². The van der Waals surface area contributed by atoms with Crippen LogP contribution in [0.2, 0.25) is 0 Å². The molecule has 0 saturated carbocycles. The third-order valence-corrected chi connectivity index (χ3v) is 3.76. The molecule has 1 aromatic carbocycles. The van der Waals surface area contributed by atoms with Gasteiger partial charge < -0.3 is 5.32 Å². The Morgan fingerprint density at radius 1 is 1.20 bits per heavy atom. The smallest absolute Gasteiger partial charge is 0.133 e. The van der Waals surface area contributed by atoms with Gasteiger partial charge in [-0.05, 0) is 18.4 Å². The third kappa shape index (κ3) is 2.59. The summed E-state index contributed by atoms with van der Waals surface area (Å²) < 4.78 is 0.